The SMILES string of the molecule is C/C(=C\C(=O)/C=C(\C)NN1C(C)(C)CCCC1(C)C)NN1C(C)(C)CCCC1(C)C. The van der Waals surface area contributed by atoms with Gasteiger partial charge in [-0.15, -0.1) is 0 Å². The van der Waals surface area contributed by atoms with Gasteiger partial charge in [0.25, 0.3) is 0 Å². The summed E-state index contributed by atoms with van der Waals surface area (Å²) in [6, 6.07) is 0. The Morgan fingerprint density at radius 2 is 0.900 bits per heavy atom. The molecule has 0 aromatic heterocycles. The van der Waals surface area contributed by atoms with Crippen molar-refractivity contribution in [3.63, 3.8) is 0 Å². The van der Waals surface area contributed by atoms with Gasteiger partial charge >= 0.3 is 0 Å². The average Bonchev–Trinajstić information content (AvgIpc) is 2.54. The molecule has 0 aliphatic carbocycles. The minimum atomic E-state index is 0.00485. The number of hydrogen-bond donors (Lipinski definition) is 2. The molecular weight excluding hydrogens is 372 g/mol. The number of hydrazine groups is 2. The molecule has 0 radical (unpaired) electrons. The zero-order chi connectivity index (χ0) is 23.0. The van der Waals surface area contributed by atoms with Gasteiger partial charge in [0.15, 0.2) is 5.78 Å². The molecule has 2 N–H and O–H groups in total. The number of hydrogen-bond acceptors (Lipinski definition) is 5. The van der Waals surface area contributed by atoms with Crippen molar-refractivity contribution in [3.05, 3.63) is 23.5 Å². The number of carbonyl (C=O) groups excluding carboxylic acids is 1. The summed E-state index contributed by atoms with van der Waals surface area (Å²) in [4.78, 5) is 12.7. The Labute approximate surface area is 185 Å². The highest BCUT2D eigenvalue weighted by molar-refractivity contribution is 5.99. The number of ketones is 1. The lowest BCUT2D eigenvalue weighted by Crippen LogP contribution is -2.63. The fraction of sp³-hybridized carbons (Fsp3) is 0.800. The maximum absolute atomic E-state index is 12.7. The summed E-state index contributed by atoms with van der Waals surface area (Å²) < 4.78 is 0. The Bertz CT molecular complexity index is 610. The van der Waals surface area contributed by atoms with Crippen molar-refractivity contribution in [2.24, 2.45) is 0 Å². The summed E-state index contributed by atoms with van der Waals surface area (Å²) in [5.74, 6) is 0.00485. The smallest absolute Gasteiger partial charge is 0.182 e. The Hall–Kier alpha value is -1.33. The van der Waals surface area contributed by atoms with E-state index in [9.17, 15) is 4.79 Å². The first-order valence-corrected chi connectivity index (χ1v) is 11.6. The van der Waals surface area contributed by atoms with E-state index in [1.54, 1.807) is 12.2 Å². The number of carbonyl (C=O) groups is 1. The van der Waals surface area contributed by atoms with Crippen LogP contribution in [0.25, 0.3) is 0 Å². The number of nitrogens with one attached hydrogen (secondary N) is 2. The molecule has 0 spiro atoms. The number of allylic oxidation sites excluding steroid dienone is 4. The van der Waals surface area contributed by atoms with E-state index in [1.807, 2.05) is 13.8 Å². The molecule has 30 heavy (non-hydrogen) atoms. The normalized spacial score (nSPS) is 26.9. The van der Waals surface area contributed by atoms with Gasteiger partial charge < -0.3 is 10.9 Å². The van der Waals surface area contributed by atoms with Crippen molar-refractivity contribution in [3.8, 4) is 0 Å². The van der Waals surface area contributed by atoms with Crippen LogP contribution in [0.2, 0.25) is 0 Å². The van der Waals surface area contributed by atoms with Crippen LogP contribution in [-0.4, -0.2) is 38.0 Å². The molecule has 0 atom stereocenters. The standard InChI is InChI=1S/C25H46N4O/c1-19(26-28-22(3,4)13-11-14-23(28,5)6)17-21(30)18-20(2)27-29-24(7,8)15-12-16-25(29,9)10/h17-18,26-27H,11-16H2,1-10H3/b19-17+,20-18+. The Balaban J connectivity index is 2.08. The first-order chi connectivity index (χ1) is 13.6. The molecule has 0 amide bonds. The fourth-order valence-electron chi connectivity index (χ4n) is 5.48. The van der Waals surface area contributed by atoms with E-state index in [-0.39, 0.29) is 27.9 Å². The Morgan fingerprint density at radius 3 is 1.17 bits per heavy atom. The molecule has 172 valence electrons. The molecule has 2 heterocycles. The van der Waals surface area contributed by atoms with Gasteiger partial charge in [0.1, 0.15) is 0 Å². The van der Waals surface area contributed by atoms with Crippen molar-refractivity contribution in [1.82, 2.24) is 20.9 Å². The van der Waals surface area contributed by atoms with Crippen molar-refractivity contribution in [2.45, 2.75) is 130 Å². The highest BCUT2D eigenvalue weighted by atomic mass is 16.1. The van der Waals surface area contributed by atoms with E-state index in [1.165, 1.54) is 12.8 Å². The third-order valence-corrected chi connectivity index (χ3v) is 6.87. The number of rotatable bonds is 6. The third-order valence-electron chi connectivity index (χ3n) is 6.87. The van der Waals surface area contributed by atoms with Gasteiger partial charge in [-0.05, 0) is 108 Å². The molecule has 2 fully saturated rings. The molecule has 5 heteroatoms. The largest absolute Gasteiger partial charge is 0.322 e. The van der Waals surface area contributed by atoms with E-state index >= 15 is 0 Å². The van der Waals surface area contributed by atoms with Crippen LogP contribution in [0.4, 0.5) is 0 Å². The van der Waals surface area contributed by atoms with E-state index in [0.29, 0.717) is 0 Å². The third kappa shape index (κ3) is 5.88. The van der Waals surface area contributed by atoms with Gasteiger partial charge in [0.2, 0.25) is 0 Å². The molecule has 2 rings (SSSR count). The summed E-state index contributed by atoms with van der Waals surface area (Å²) >= 11 is 0. The lowest BCUT2D eigenvalue weighted by molar-refractivity contribution is -0.110. The van der Waals surface area contributed by atoms with E-state index in [4.69, 9.17) is 0 Å². The molecule has 2 saturated heterocycles. The predicted molar refractivity (Wildman–Crippen MR) is 126 cm³/mol. The monoisotopic (exact) mass is 418 g/mol. The van der Waals surface area contributed by atoms with Crippen LogP contribution in [0.3, 0.4) is 0 Å². The van der Waals surface area contributed by atoms with Crippen LogP contribution in [0.15, 0.2) is 23.5 Å². The lowest BCUT2D eigenvalue weighted by atomic mass is 9.81. The molecule has 2 aliphatic rings. The van der Waals surface area contributed by atoms with Crippen LogP contribution in [0.1, 0.15) is 108 Å². The highest BCUT2D eigenvalue weighted by Gasteiger charge is 2.42. The summed E-state index contributed by atoms with van der Waals surface area (Å²) in [6.45, 7) is 22.1. The first-order valence-electron chi connectivity index (χ1n) is 11.6. The van der Waals surface area contributed by atoms with Gasteiger partial charge in [-0.25, -0.2) is 10.0 Å². The van der Waals surface area contributed by atoms with Gasteiger partial charge in [0.05, 0.1) is 0 Å². The van der Waals surface area contributed by atoms with Crippen LogP contribution >= 0.6 is 0 Å². The lowest BCUT2D eigenvalue weighted by Gasteiger charge is -2.53. The molecule has 2 aliphatic heterocycles. The number of piperidine rings is 2. The van der Waals surface area contributed by atoms with Crippen LogP contribution in [0.5, 0.6) is 0 Å². The minimum Gasteiger partial charge on any atom is -0.322 e. The topological polar surface area (TPSA) is 47.6 Å². The van der Waals surface area contributed by atoms with Gasteiger partial charge in [0, 0.05) is 45.7 Å². The van der Waals surface area contributed by atoms with E-state index < -0.39 is 0 Å². The zero-order valence-electron chi connectivity index (χ0n) is 21.2. The van der Waals surface area contributed by atoms with Crippen molar-refractivity contribution in [2.75, 3.05) is 0 Å². The van der Waals surface area contributed by atoms with Crippen molar-refractivity contribution in [1.29, 1.82) is 0 Å². The quantitative estimate of drug-likeness (QED) is 0.561. The molecule has 5 nitrogen and oxygen atoms in total. The second kappa shape index (κ2) is 8.66. The highest BCUT2D eigenvalue weighted by Crippen LogP contribution is 2.37. The number of nitrogens with zero attached hydrogens (tertiary/aromatic N) is 2. The van der Waals surface area contributed by atoms with Crippen molar-refractivity contribution < 1.29 is 4.79 Å². The van der Waals surface area contributed by atoms with Crippen LogP contribution in [0, 0.1) is 0 Å². The maximum atomic E-state index is 12.7. The second-order valence-electron chi connectivity index (χ2n) is 11.9. The van der Waals surface area contributed by atoms with Crippen molar-refractivity contribution >= 4 is 5.78 Å². The molecule has 0 aromatic carbocycles. The Morgan fingerprint density at radius 1 is 0.633 bits per heavy atom. The summed E-state index contributed by atoms with van der Waals surface area (Å²) in [5, 5.41) is 4.66. The molecular formula is C25H46N4O. The summed E-state index contributed by atoms with van der Waals surface area (Å²) in [6.07, 6.45) is 10.5. The van der Waals surface area contributed by atoms with Crippen LogP contribution < -0.4 is 10.9 Å². The van der Waals surface area contributed by atoms with Crippen LogP contribution in [-0.2, 0) is 4.79 Å². The molecule has 0 bridgehead atoms. The van der Waals surface area contributed by atoms with Gasteiger partial charge in [-0.3, -0.25) is 4.79 Å². The Kier molecular flexibility index (Phi) is 7.20. The fourth-order valence-corrected chi connectivity index (χ4v) is 5.48. The zero-order valence-corrected chi connectivity index (χ0v) is 21.2. The molecule has 0 saturated carbocycles. The van der Waals surface area contributed by atoms with Gasteiger partial charge in [-0.2, -0.15) is 0 Å². The molecule has 0 aromatic rings. The average molecular weight is 419 g/mol. The molecule has 0 unspecified atom stereocenters. The summed E-state index contributed by atoms with van der Waals surface area (Å²) in [7, 11) is 0. The minimum absolute atomic E-state index is 0.00485. The first kappa shape index (κ1) is 24.9. The van der Waals surface area contributed by atoms with E-state index in [0.717, 1.165) is 37.1 Å². The second-order valence-corrected chi connectivity index (χ2v) is 11.9. The van der Waals surface area contributed by atoms with Gasteiger partial charge in [-0.1, -0.05) is 0 Å². The van der Waals surface area contributed by atoms with E-state index in [2.05, 4.69) is 76.3 Å². The predicted octanol–water partition coefficient (Wildman–Crippen LogP) is 5.46. The summed E-state index contributed by atoms with van der Waals surface area (Å²) in [5.41, 5.74) is 9.03. The maximum Gasteiger partial charge on any atom is 0.182 e.